The zero-order valence-electron chi connectivity index (χ0n) is 11.6. The fourth-order valence-corrected chi connectivity index (χ4v) is 3.55. The minimum absolute atomic E-state index is 0.0515. The highest BCUT2D eigenvalue weighted by atomic mass is 16.5. The van der Waals surface area contributed by atoms with Crippen LogP contribution in [-0.2, 0) is 11.2 Å². The maximum absolute atomic E-state index is 9.88. The molecule has 2 atom stereocenters. The van der Waals surface area contributed by atoms with Gasteiger partial charge in [0.1, 0.15) is 0 Å². The van der Waals surface area contributed by atoms with Crippen molar-refractivity contribution in [2.45, 2.75) is 44.6 Å². The smallest absolute Gasteiger partial charge is 0.0682 e. The second kappa shape index (κ2) is 5.64. The number of benzene rings is 1. The number of ether oxygens (including phenoxy) is 1. The molecule has 0 aromatic heterocycles. The second-order valence-corrected chi connectivity index (χ2v) is 6.24. The molecule has 3 rings (SSSR count). The zero-order chi connectivity index (χ0) is 13.1. The lowest BCUT2D eigenvalue weighted by Crippen LogP contribution is -2.36. The molecule has 2 heteroatoms. The van der Waals surface area contributed by atoms with Crippen molar-refractivity contribution in [1.29, 1.82) is 0 Å². The van der Waals surface area contributed by atoms with Crippen molar-refractivity contribution in [3.8, 4) is 0 Å². The van der Waals surface area contributed by atoms with Crippen molar-refractivity contribution in [2.24, 2.45) is 11.3 Å². The van der Waals surface area contributed by atoms with Crippen molar-refractivity contribution in [3.05, 3.63) is 35.9 Å². The molecule has 104 valence electrons. The number of aryl methyl sites for hydroxylation is 1. The van der Waals surface area contributed by atoms with Gasteiger partial charge in [-0.05, 0) is 50.0 Å². The van der Waals surface area contributed by atoms with E-state index in [9.17, 15) is 5.11 Å². The Balaban J connectivity index is 1.57. The van der Waals surface area contributed by atoms with E-state index in [0.717, 1.165) is 38.2 Å². The van der Waals surface area contributed by atoms with Gasteiger partial charge in [0, 0.05) is 12.0 Å². The molecule has 2 nitrogen and oxygen atoms in total. The van der Waals surface area contributed by atoms with Gasteiger partial charge >= 0.3 is 0 Å². The minimum atomic E-state index is 0.0515. The summed E-state index contributed by atoms with van der Waals surface area (Å²) in [4.78, 5) is 0. The van der Waals surface area contributed by atoms with Gasteiger partial charge in [-0.1, -0.05) is 30.3 Å². The lowest BCUT2D eigenvalue weighted by molar-refractivity contribution is -0.00516. The summed E-state index contributed by atoms with van der Waals surface area (Å²) in [6, 6.07) is 10.6. The van der Waals surface area contributed by atoms with Crippen LogP contribution in [0.2, 0.25) is 0 Å². The maximum Gasteiger partial charge on any atom is 0.0682 e. The van der Waals surface area contributed by atoms with E-state index in [-0.39, 0.29) is 5.41 Å². The van der Waals surface area contributed by atoms with E-state index in [1.54, 1.807) is 0 Å². The summed E-state index contributed by atoms with van der Waals surface area (Å²) in [7, 11) is 0. The minimum Gasteiger partial charge on any atom is -0.396 e. The van der Waals surface area contributed by atoms with E-state index < -0.39 is 0 Å². The molecule has 0 spiro atoms. The quantitative estimate of drug-likeness (QED) is 0.851. The molecule has 1 saturated carbocycles. The summed E-state index contributed by atoms with van der Waals surface area (Å²) in [5.41, 5.74) is 1.45. The average molecular weight is 260 g/mol. The molecular weight excluding hydrogens is 236 g/mol. The highest BCUT2D eigenvalue weighted by Crippen LogP contribution is 2.49. The third-order valence-corrected chi connectivity index (χ3v) is 4.85. The molecule has 0 bridgehead atoms. The molecule has 0 radical (unpaired) electrons. The summed E-state index contributed by atoms with van der Waals surface area (Å²) in [5.74, 6) is 0.728. The lowest BCUT2D eigenvalue weighted by atomic mass is 9.75. The summed E-state index contributed by atoms with van der Waals surface area (Å²) in [5, 5.41) is 9.88. The number of hydrogen-bond acceptors (Lipinski definition) is 2. The molecule has 2 fully saturated rings. The number of aliphatic hydroxyl groups is 1. The van der Waals surface area contributed by atoms with Crippen LogP contribution in [0.15, 0.2) is 30.3 Å². The van der Waals surface area contributed by atoms with Crippen LogP contribution in [0.3, 0.4) is 0 Å². The molecule has 1 aliphatic carbocycles. The van der Waals surface area contributed by atoms with E-state index in [1.807, 2.05) is 0 Å². The Hall–Kier alpha value is -0.860. The van der Waals surface area contributed by atoms with E-state index in [4.69, 9.17) is 4.74 Å². The van der Waals surface area contributed by atoms with Gasteiger partial charge in [0.25, 0.3) is 0 Å². The number of aliphatic hydroxyl groups excluding tert-OH is 1. The fraction of sp³-hybridized carbons (Fsp3) is 0.647. The Kier molecular flexibility index (Phi) is 3.90. The van der Waals surface area contributed by atoms with Gasteiger partial charge in [-0.25, -0.2) is 0 Å². The van der Waals surface area contributed by atoms with Crippen LogP contribution in [-0.4, -0.2) is 24.4 Å². The summed E-state index contributed by atoms with van der Waals surface area (Å²) >= 11 is 0. The van der Waals surface area contributed by atoms with Crippen LogP contribution < -0.4 is 0 Å². The fourth-order valence-electron chi connectivity index (χ4n) is 3.55. The van der Waals surface area contributed by atoms with Gasteiger partial charge < -0.3 is 9.84 Å². The van der Waals surface area contributed by atoms with Gasteiger partial charge in [-0.15, -0.1) is 0 Å². The van der Waals surface area contributed by atoms with Gasteiger partial charge in [-0.3, -0.25) is 0 Å². The summed E-state index contributed by atoms with van der Waals surface area (Å²) < 4.78 is 5.93. The Morgan fingerprint density at radius 2 is 2.00 bits per heavy atom. The van der Waals surface area contributed by atoms with E-state index >= 15 is 0 Å². The third kappa shape index (κ3) is 2.85. The number of hydrogen-bond donors (Lipinski definition) is 1. The Morgan fingerprint density at radius 3 is 2.68 bits per heavy atom. The van der Waals surface area contributed by atoms with Crippen molar-refractivity contribution in [1.82, 2.24) is 0 Å². The standard InChI is InChI=1S/C17H24O2/c18-13-17(11-12-19-16(17)15-8-9-15)10-4-7-14-5-2-1-3-6-14/h1-3,5-6,15-16,18H,4,7-13H2. The summed E-state index contributed by atoms with van der Waals surface area (Å²) in [6.45, 7) is 1.13. The van der Waals surface area contributed by atoms with Crippen molar-refractivity contribution in [3.63, 3.8) is 0 Å². The molecule has 1 heterocycles. The first-order valence-electron chi connectivity index (χ1n) is 7.60. The van der Waals surface area contributed by atoms with Gasteiger partial charge in [-0.2, -0.15) is 0 Å². The second-order valence-electron chi connectivity index (χ2n) is 6.24. The van der Waals surface area contributed by atoms with Crippen molar-refractivity contribution >= 4 is 0 Å². The normalized spacial score (nSPS) is 30.7. The molecule has 1 aromatic carbocycles. The van der Waals surface area contributed by atoms with Gasteiger partial charge in [0.15, 0.2) is 0 Å². The van der Waals surface area contributed by atoms with Crippen molar-refractivity contribution in [2.75, 3.05) is 13.2 Å². The molecule has 1 aromatic rings. The monoisotopic (exact) mass is 260 g/mol. The Labute approximate surface area is 115 Å². The van der Waals surface area contributed by atoms with Gasteiger partial charge in [0.2, 0.25) is 0 Å². The SMILES string of the molecule is OCC1(CCCc2ccccc2)CCOC1C1CC1. The van der Waals surface area contributed by atoms with Crippen LogP contribution in [0, 0.1) is 11.3 Å². The van der Waals surface area contributed by atoms with Crippen LogP contribution in [0.1, 0.15) is 37.7 Å². The van der Waals surface area contributed by atoms with Crippen LogP contribution in [0.5, 0.6) is 0 Å². The van der Waals surface area contributed by atoms with E-state index in [0.29, 0.717) is 12.7 Å². The van der Waals surface area contributed by atoms with E-state index in [1.165, 1.54) is 18.4 Å². The lowest BCUT2D eigenvalue weighted by Gasteiger charge is -2.32. The largest absolute Gasteiger partial charge is 0.396 e. The Bertz CT molecular complexity index is 399. The first-order valence-corrected chi connectivity index (χ1v) is 7.60. The average Bonchev–Trinajstić information content (AvgIpc) is 3.21. The van der Waals surface area contributed by atoms with Crippen molar-refractivity contribution < 1.29 is 9.84 Å². The molecule has 19 heavy (non-hydrogen) atoms. The Morgan fingerprint density at radius 1 is 1.21 bits per heavy atom. The highest BCUT2D eigenvalue weighted by Gasteiger charge is 2.50. The molecular formula is C17H24O2. The highest BCUT2D eigenvalue weighted by molar-refractivity contribution is 5.14. The van der Waals surface area contributed by atoms with Gasteiger partial charge in [0.05, 0.1) is 12.7 Å². The van der Waals surface area contributed by atoms with Crippen LogP contribution in [0.4, 0.5) is 0 Å². The number of rotatable bonds is 6. The van der Waals surface area contributed by atoms with Crippen LogP contribution in [0.25, 0.3) is 0 Å². The molecule has 1 N–H and O–H groups in total. The molecule has 2 aliphatic rings. The molecule has 1 saturated heterocycles. The first-order chi connectivity index (χ1) is 9.34. The predicted octanol–water partition coefficient (Wildman–Crippen LogP) is 3.19. The zero-order valence-corrected chi connectivity index (χ0v) is 11.6. The molecule has 0 amide bonds. The first kappa shape index (κ1) is 13.1. The predicted molar refractivity (Wildman–Crippen MR) is 76.0 cm³/mol. The topological polar surface area (TPSA) is 29.5 Å². The van der Waals surface area contributed by atoms with Crippen LogP contribution >= 0.6 is 0 Å². The maximum atomic E-state index is 9.88. The van der Waals surface area contributed by atoms with E-state index in [2.05, 4.69) is 30.3 Å². The summed E-state index contributed by atoms with van der Waals surface area (Å²) in [6.07, 6.45) is 7.32. The molecule has 1 aliphatic heterocycles. The molecule has 2 unspecified atom stereocenters. The third-order valence-electron chi connectivity index (χ3n) is 4.85.